The summed E-state index contributed by atoms with van der Waals surface area (Å²) in [5, 5.41) is 0.366. The molecule has 3 rings (SSSR count). The average molecular weight is 422 g/mol. The molecule has 2 nitrogen and oxygen atoms in total. The van der Waals surface area contributed by atoms with Crippen LogP contribution >= 0.6 is 15.9 Å². The van der Waals surface area contributed by atoms with Crippen molar-refractivity contribution in [3.05, 3.63) is 108 Å². The highest BCUT2D eigenvalue weighted by Gasteiger charge is 2.25. The lowest BCUT2D eigenvalue weighted by Crippen LogP contribution is -2.42. The van der Waals surface area contributed by atoms with Gasteiger partial charge in [-0.1, -0.05) is 107 Å². The molecule has 0 N–H and O–H groups in total. The van der Waals surface area contributed by atoms with E-state index in [0.717, 1.165) is 13.1 Å². The van der Waals surface area contributed by atoms with E-state index >= 15 is 0 Å². The Bertz CT molecular complexity index is 779. The van der Waals surface area contributed by atoms with Crippen molar-refractivity contribution in [2.45, 2.75) is 25.6 Å². The lowest BCUT2D eigenvalue weighted by molar-refractivity contribution is -0.122. The van der Waals surface area contributed by atoms with Gasteiger partial charge in [-0.15, -0.1) is 0 Å². The summed E-state index contributed by atoms with van der Waals surface area (Å²) < 4.78 is 0. The first-order valence-electron chi connectivity index (χ1n) is 9.21. The van der Waals surface area contributed by atoms with Crippen molar-refractivity contribution in [2.24, 2.45) is 0 Å². The van der Waals surface area contributed by atoms with E-state index in [1.807, 2.05) is 30.3 Å². The van der Waals surface area contributed by atoms with Gasteiger partial charge in [0, 0.05) is 13.1 Å². The Morgan fingerprint density at radius 1 is 0.704 bits per heavy atom. The third kappa shape index (κ3) is 5.88. The van der Waals surface area contributed by atoms with Crippen molar-refractivity contribution >= 4 is 21.7 Å². The zero-order chi connectivity index (χ0) is 18.9. The number of carbonyl (C=O) groups excluding carboxylic acids is 1. The summed E-state index contributed by atoms with van der Waals surface area (Å²) in [6, 6.07) is 30.8. The van der Waals surface area contributed by atoms with E-state index in [4.69, 9.17) is 0 Å². The van der Waals surface area contributed by atoms with Gasteiger partial charge in [0.05, 0.1) is 11.4 Å². The molecule has 0 aliphatic carbocycles. The van der Waals surface area contributed by atoms with E-state index in [0.29, 0.717) is 11.8 Å². The number of ketones is 1. The number of Topliss-reactive ketones (excluding diaryl/α,β-unsaturated/α-hetero) is 1. The van der Waals surface area contributed by atoms with Crippen LogP contribution in [0.5, 0.6) is 0 Å². The molecule has 3 aromatic carbocycles. The maximum atomic E-state index is 12.8. The summed E-state index contributed by atoms with van der Waals surface area (Å²) in [6.07, 6.45) is 0.713. The second kappa shape index (κ2) is 10.2. The molecule has 0 bridgehead atoms. The van der Waals surface area contributed by atoms with Crippen LogP contribution in [0.1, 0.15) is 16.7 Å². The lowest BCUT2D eigenvalue weighted by Gasteiger charge is -2.31. The number of carbonyl (C=O) groups is 1. The molecule has 0 spiro atoms. The summed E-state index contributed by atoms with van der Waals surface area (Å²) in [5.41, 5.74) is 3.62. The highest BCUT2D eigenvalue weighted by Crippen LogP contribution is 2.18. The van der Waals surface area contributed by atoms with Gasteiger partial charge in [0.25, 0.3) is 0 Å². The number of nitrogens with zero attached hydrogens (tertiary/aromatic N) is 1. The molecule has 0 aliphatic heterocycles. The molecule has 0 saturated heterocycles. The summed E-state index contributed by atoms with van der Waals surface area (Å²) in [5.74, 6) is 0.214. The lowest BCUT2D eigenvalue weighted by atomic mass is 10.00. The predicted molar refractivity (Wildman–Crippen MR) is 115 cm³/mol. The van der Waals surface area contributed by atoms with Crippen LogP contribution < -0.4 is 0 Å². The third-order valence-corrected chi connectivity index (χ3v) is 5.23. The van der Waals surface area contributed by atoms with Gasteiger partial charge in [0.2, 0.25) is 0 Å². The molecule has 0 saturated carbocycles. The monoisotopic (exact) mass is 421 g/mol. The normalized spacial score (nSPS) is 12.1. The van der Waals surface area contributed by atoms with E-state index < -0.39 is 0 Å². The molecule has 1 atom stereocenters. The van der Waals surface area contributed by atoms with Crippen molar-refractivity contribution in [1.82, 2.24) is 4.90 Å². The Hall–Kier alpha value is -2.23. The molecule has 0 aromatic heterocycles. The van der Waals surface area contributed by atoms with E-state index in [1.54, 1.807) is 0 Å². The number of rotatable bonds is 9. The largest absolute Gasteiger partial charge is 0.297 e. The van der Waals surface area contributed by atoms with Crippen LogP contribution in [0.15, 0.2) is 91.0 Å². The van der Waals surface area contributed by atoms with E-state index in [1.165, 1.54) is 16.7 Å². The Balaban J connectivity index is 1.89. The fraction of sp³-hybridized carbons (Fsp3) is 0.208. The Morgan fingerprint density at radius 3 is 1.52 bits per heavy atom. The van der Waals surface area contributed by atoms with Crippen molar-refractivity contribution in [3.8, 4) is 0 Å². The minimum atomic E-state index is -0.174. The van der Waals surface area contributed by atoms with E-state index in [9.17, 15) is 4.79 Å². The first-order valence-corrected chi connectivity index (χ1v) is 10.3. The molecule has 138 valence electrons. The van der Waals surface area contributed by atoms with E-state index in [-0.39, 0.29) is 11.8 Å². The van der Waals surface area contributed by atoms with Crippen molar-refractivity contribution < 1.29 is 4.79 Å². The van der Waals surface area contributed by atoms with Gasteiger partial charge in [-0.2, -0.15) is 0 Å². The quantitative estimate of drug-likeness (QED) is 0.438. The fourth-order valence-electron chi connectivity index (χ4n) is 3.29. The second-order valence-corrected chi connectivity index (χ2v) is 7.24. The molecule has 0 amide bonds. The van der Waals surface area contributed by atoms with Crippen LogP contribution in [0, 0.1) is 0 Å². The summed E-state index contributed by atoms with van der Waals surface area (Å²) in [4.78, 5) is 15.1. The molecule has 27 heavy (non-hydrogen) atoms. The molecule has 3 aromatic rings. The smallest absolute Gasteiger partial charge is 0.160 e. The maximum absolute atomic E-state index is 12.8. The molecule has 3 heteroatoms. The Labute approximate surface area is 170 Å². The molecule has 0 unspecified atom stereocenters. The molecule has 0 heterocycles. The van der Waals surface area contributed by atoms with Gasteiger partial charge in [0.15, 0.2) is 5.78 Å². The van der Waals surface area contributed by atoms with Crippen LogP contribution in [0.3, 0.4) is 0 Å². The maximum Gasteiger partial charge on any atom is 0.160 e. The van der Waals surface area contributed by atoms with Crippen LogP contribution in [-0.4, -0.2) is 22.1 Å². The first kappa shape index (κ1) is 19.5. The highest BCUT2D eigenvalue weighted by atomic mass is 79.9. The zero-order valence-electron chi connectivity index (χ0n) is 15.3. The summed E-state index contributed by atoms with van der Waals surface area (Å²) >= 11 is 3.39. The molecule has 0 aliphatic rings. The van der Waals surface area contributed by atoms with Crippen LogP contribution in [0.25, 0.3) is 0 Å². The fourth-order valence-corrected chi connectivity index (χ4v) is 3.66. The Kier molecular flexibility index (Phi) is 7.37. The zero-order valence-corrected chi connectivity index (χ0v) is 16.9. The molecule has 0 radical (unpaired) electrons. The number of hydrogen-bond donors (Lipinski definition) is 0. The standard InChI is InChI=1S/C24H24BrNO/c25-17-24(27)23(16-20-10-4-1-5-11-20)26(18-21-12-6-2-7-13-21)19-22-14-8-3-9-15-22/h1-15,23H,16-19H2/t23-/m0/s1. The predicted octanol–water partition coefficient (Wildman–Crippen LogP) is 5.26. The highest BCUT2D eigenvalue weighted by molar-refractivity contribution is 9.09. The summed E-state index contributed by atoms with van der Waals surface area (Å²) in [6.45, 7) is 1.48. The molecule has 0 fully saturated rings. The molecular weight excluding hydrogens is 398 g/mol. The van der Waals surface area contributed by atoms with Gasteiger partial charge in [0.1, 0.15) is 0 Å². The topological polar surface area (TPSA) is 20.3 Å². The van der Waals surface area contributed by atoms with Crippen LogP contribution in [0.4, 0.5) is 0 Å². The number of alkyl halides is 1. The van der Waals surface area contributed by atoms with Crippen molar-refractivity contribution in [2.75, 3.05) is 5.33 Å². The second-order valence-electron chi connectivity index (χ2n) is 6.68. The van der Waals surface area contributed by atoms with E-state index in [2.05, 4.69) is 81.5 Å². The third-order valence-electron chi connectivity index (χ3n) is 4.67. The van der Waals surface area contributed by atoms with Gasteiger partial charge in [-0.3, -0.25) is 9.69 Å². The van der Waals surface area contributed by atoms with Gasteiger partial charge < -0.3 is 0 Å². The number of benzene rings is 3. The SMILES string of the molecule is O=C(CBr)[C@H](Cc1ccccc1)N(Cc1ccccc1)Cc1ccccc1. The Morgan fingerprint density at radius 2 is 1.11 bits per heavy atom. The average Bonchev–Trinajstić information content (AvgIpc) is 2.73. The number of halogens is 1. The van der Waals surface area contributed by atoms with Gasteiger partial charge >= 0.3 is 0 Å². The first-order chi connectivity index (χ1) is 13.3. The summed E-state index contributed by atoms with van der Waals surface area (Å²) in [7, 11) is 0. The number of hydrogen-bond acceptors (Lipinski definition) is 2. The molecular formula is C24H24BrNO. The van der Waals surface area contributed by atoms with Crippen molar-refractivity contribution in [3.63, 3.8) is 0 Å². The van der Waals surface area contributed by atoms with Gasteiger partial charge in [-0.25, -0.2) is 0 Å². The van der Waals surface area contributed by atoms with Crippen LogP contribution in [0.2, 0.25) is 0 Å². The minimum absolute atomic E-state index is 0.174. The van der Waals surface area contributed by atoms with Crippen molar-refractivity contribution in [1.29, 1.82) is 0 Å². The minimum Gasteiger partial charge on any atom is -0.297 e. The van der Waals surface area contributed by atoms with Gasteiger partial charge in [-0.05, 0) is 23.1 Å². The van der Waals surface area contributed by atoms with Crippen LogP contribution in [-0.2, 0) is 24.3 Å².